The van der Waals surface area contributed by atoms with Crippen LogP contribution in [0.2, 0.25) is 0 Å². The van der Waals surface area contributed by atoms with Crippen molar-refractivity contribution in [3.8, 4) is 6.07 Å². The summed E-state index contributed by atoms with van der Waals surface area (Å²) in [6.07, 6.45) is 0. The van der Waals surface area contributed by atoms with Crippen LogP contribution in [0.1, 0.15) is 5.56 Å². The van der Waals surface area contributed by atoms with Gasteiger partial charge < -0.3 is 0 Å². The Morgan fingerprint density at radius 1 is 1.44 bits per heavy atom. The van der Waals surface area contributed by atoms with Crippen molar-refractivity contribution in [1.29, 1.82) is 5.26 Å². The lowest BCUT2D eigenvalue weighted by Gasteiger charge is -2.13. The number of hydrogen-bond acceptors (Lipinski definition) is 3. The first-order valence-corrected chi connectivity index (χ1v) is 5.71. The van der Waals surface area contributed by atoms with Crippen LogP contribution >= 0.6 is 0 Å². The van der Waals surface area contributed by atoms with Crippen molar-refractivity contribution in [2.24, 2.45) is 0 Å². The first kappa shape index (κ1) is 12.4. The van der Waals surface area contributed by atoms with E-state index in [4.69, 9.17) is 5.26 Å². The van der Waals surface area contributed by atoms with Crippen LogP contribution in [0.4, 0.5) is 10.1 Å². The average Bonchev–Trinajstić information content (AvgIpc) is 2.20. The van der Waals surface area contributed by atoms with Gasteiger partial charge in [0.15, 0.2) is 0 Å². The van der Waals surface area contributed by atoms with Gasteiger partial charge in [-0.15, -0.1) is 0 Å². The molecule has 16 heavy (non-hydrogen) atoms. The molecule has 5 nitrogen and oxygen atoms in total. The van der Waals surface area contributed by atoms with Gasteiger partial charge in [0.25, 0.3) is 0 Å². The number of hydrogen-bond donors (Lipinski definition) is 1. The monoisotopic (exact) mass is 243 g/mol. The number of nitriles is 1. The van der Waals surface area contributed by atoms with Crippen LogP contribution in [0.15, 0.2) is 18.2 Å². The summed E-state index contributed by atoms with van der Waals surface area (Å²) in [5, 5.41) is 8.51. The molecule has 0 radical (unpaired) electrons. The summed E-state index contributed by atoms with van der Waals surface area (Å²) in [6, 6.07) is 5.25. The molecule has 1 aromatic rings. The highest BCUT2D eigenvalue weighted by molar-refractivity contribution is 7.90. The second-order valence-electron chi connectivity index (χ2n) is 3.20. The van der Waals surface area contributed by atoms with E-state index >= 15 is 0 Å². The summed E-state index contributed by atoms with van der Waals surface area (Å²) in [4.78, 5) is 0. The largest absolute Gasteiger partial charge is 0.301 e. The predicted molar refractivity (Wildman–Crippen MR) is 57.3 cm³/mol. The van der Waals surface area contributed by atoms with Crippen LogP contribution in [0.5, 0.6) is 0 Å². The maximum Gasteiger partial charge on any atom is 0.301 e. The molecule has 0 heterocycles. The molecule has 1 N–H and O–H groups in total. The van der Waals surface area contributed by atoms with Gasteiger partial charge in [0.1, 0.15) is 5.82 Å². The molecule has 0 saturated heterocycles. The van der Waals surface area contributed by atoms with Crippen molar-refractivity contribution in [2.75, 3.05) is 18.8 Å². The fourth-order valence-electron chi connectivity index (χ4n) is 0.898. The summed E-state index contributed by atoms with van der Waals surface area (Å²) < 4.78 is 39.1. The van der Waals surface area contributed by atoms with Gasteiger partial charge in [-0.3, -0.25) is 4.72 Å². The van der Waals surface area contributed by atoms with E-state index in [-0.39, 0.29) is 11.3 Å². The lowest BCUT2D eigenvalue weighted by Crippen LogP contribution is -2.29. The molecule has 0 fully saturated rings. The lowest BCUT2D eigenvalue weighted by atomic mass is 10.2. The van der Waals surface area contributed by atoms with Gasteiger partial charge in [-0.05, 0) is 18.2 Å². The number of anilines is 1. The van der Waals surface area contributed by atoms with Crippen LogP contribution < -0.4 is 4.72 Å². The SMILES string of the molecule is CN(C)S(=O)(=O)Nc1ccc(C#N)cc1F. The van der Waals surface area contributed by atoms with E-state index in [0.29, 0.717) is 0 Å². The second-order valence-corrected chi connectivity index (χ2v) is 5.08. The Kier molecular flexibility index (Phi) is 3.47. The van der Waals surface area contributed by atoms with Crippen LogP contribution in [0.3, 0.4) is 0 Å². The highest BCUT2D eigenvalue weighted by atomic mass is 32.2. The molecule has 0 aromatic heterocycles. The van der Waals surface area contributed by atoms with E-state index in [2.05, 4.69) is 4.72 Å². The Bertz CT molecular complexity index is 534. The van der Waals surface area contributed by atoms with Crippen molar-refractivity contribution >= 4 is 15.9 Å². The minimum Gasteiger partial charge on any atom is -0.268 e. The summed E-state index contributed by atoms with van der Waals surface area (Å²) in [5.41, 5.74) is -0.0574. The third-order valence-corrected chi connectivity index (χ3v) is 3.26. The van der Waals surface area contributed by atoms with E-state index in [0.717, 1.165) is 10.4 Å². The molecule has 0 aliphatic rings. The fourth-order valence-corrected chi connectivity index (χ4v) is 1.52. The van der Waals surface area contributed by atoms with Crippen molar-refractivity contribution in [1.82, 2.24) is 4.31 Å². The van der Waals surface area contributed by atoms with Crippen molar-refractivity contribution in [3.05, 3.63) is 29.6 Å². The van der Waals surface area contributed by atoms with E-state index in [1.54, 1.807) is 6.07 Å². The molecule has 0 saturated carbocycles. The molecule has 0 unspecified atom stereocenters. The summed E-state index contributed by atoms with van der Waals surface area (Å²) >= 11 is 0. The van der Waals surface area contributed by atoms with Gasteiger partial charge in [-0.25, -0.2) is 4.39 Å². The van der Waals surface area contributed by atoms with Crippen molar-refractivity contribution in [3.63, 3.8) is 0 Å². The molecule has 86 valence electrons. The smallest absolute Gasteiger partial charge is 0.268 e. The Morgan fingerprint density at radius 3 is 2.50 bits per heavy atom. The van der Waals surface area contributed by atoms with Gasteiger partial charge in [-0.2, -0.15) is 18.0 Å². The van der Waals surface area contributed by atoms with Gasteiger partial charge in [0.2, 0.25) is 0 Å². The maximum absolute atomic E-state index is 13.3. The number of rotatable bonds is 3. The molecule has 0 spiro atoms. The highest BCUT2D eigenvalue weighted by Gasteiger charge is 2.15. The molecule has 0 bridgehead atoms. The Labute approximate surface area is 93.3 Å². The molecule has 0 aliphatic heterocycles. The van der Waals surface area contributed by atoms with Gasteiger partial charge in [0, 0.05) is 14.1 Å². The molecule has 0 aliphatic carbocycles. The molecular formula is C9H10FN3O2S. The van der Waals surface area contributed by atoms with E-state index in [1.807, 2.05) is 0 Å². The zero-order chi connectivity index (χ0) is 12.3. The van der Waals surface area contributed by atoms with E-state index in [1.165, 1.54) is 26.2 Å². The van der Waals surface area contributed by atoms with Gasteiger partial charge in [0.05, 0.1) is 17.3 Å². The summed E-state index contributed by atoms with van der Waals surface area (Å²) in [7, 11) is -1.09. The minimum absolute atomic E-state index is 0.130. The van der Waals surface area contributed by atoms with E-state index in [9.17, 15) is 12.8 Å². The molecule has 0 amide bonds. The standard InChI is InChI=1S/C9H10FN3O2S/c1-13(2)16(14,15)12-9-4-3-7(6-11)5-8(9)10/h3-5,12H,1-2H3. The highest BCUT2D eigenvalue weighted by Crippen LogP contribution is 2.17. The molecule has 1 aromatic carbocycles. The second kappa shape index (κ2) is 4.47. The number of nitrogens with one attached hydrogen (secondary N) is 1. The zero-order valence-corrected chi connectivity index (χ0v) is 9.55. The first-order valence-electron chi connectivity index (χ1n) is 4.27. The van der Waals surface area contributed by atoms with Crippen LogP contribution in [-0.4, -0.2) is 26.8 Å². The average molecular weight is 243 g/mol. The molecule has 7 heteroatoms. The van der Waals surface area contributed by atoms with Gasteiger partial charge in [-0.1, -0.05) is 0 Å². The lowest BCUT2D eigenvalue weighted by molar-refractivity contribution is 0.526. The van der Waals surface area contributed by atoms with Crippen LogP contribution in [-0.2, 0) is 10.2 Å². The first-order chi connectivity index (χ1) is 7.36. The van der Waals surface area contributed by atoms with Crippen LogP contribution in [0, 0.1) is 17.1 Å². The number of benzene rings is 1. The van der Waals surface area contributed by atoms with E-state index < -0.39 is 16.0 Å². The Balaban J connectivity index is 3.05. The summed E-state index contributed by atoms with van der Waals surface area (Å²) in [6.45, 7) is 0. The molecule has 0 atom stereocenters. The third kappa shape index (κ3) is 2.68. The Hall–Kier alpha value is -1.65. The Morgan fingerprint density at radius 2 is 2.06 bits per heavy atom. The molecule has 1 rings (SSSR count). The third-order valence-electron chi connectivity index (χ3n) is 1.82. The zero-order valence-electron chi connectivity index (χ0n) is 8.73. The van der Waals surface area contributed by atoms with Crippen molar-refractivity contribution < 1.29 is 12.8 Å². The maximum atomic E-state index is 13.3. The van der Waals surface area contributed by atoms with Gasteiger partial charge >= 0.3 is 10.2 Å². The number of halogens is 1. The van der Waals surface area contributed by atoms with Crippen molar-refractivity contribution in [2.45, 2.75) is 0 Å². The number of nitrogens with zero attached hydrogens (tertiary/aromatic N) is 2. The van der Waals surface area contributed by atoms with Crippen LogP contribution in [0.25, 0.3) is 0 Å². The summed E-state index contributed by atoms with van der Waals surface area (Å²) in [5.74, 6) is -0.788. The minimum atomic E-state index is -3.73. The fraction of sp³-hybridized carbons (Fsp3) is 0.222. The predicted octanol–water partition coefficient (Wildman–Crippen LogP) is 0.916. The quantitative estimate of drug-likeness (QED) is 0.857. The topological polar surface area (TPSA) is 73.2 Å². The molecular weight excluding hydrogens is 233 g/mol. The normalized spacial score (nSPS) is 11.2.